The summed E-state index contributed by atoms with van der Waals surface area (Å²) in [5, 5.41) is 3.41. The van der Waals surface area contributed by atoms with Gasteiger partial charge in [-0.2, -0.15) is 0 Å². The first-order valence-corrected chi connectivity index (χ1v) is 6.97. The van der Waals surface area contributed by atoms with Gasteiger partial charge in [-0.3, -0.25) is 0 Å². The van der Waals surface area contributed by atoms with Gasteiger partial charge in [-0.05, 0) is 36.2 Å². The molecule has 0 aromatic heterocycles. The zero-order valence-electron chi connectivity index (χ0n) is 11.3. The van der Waals surface area contributed by atoms with E-state index in [2.05, 4.69) is 12.2 Å². The Morgan fingerprint density at radius 2 is 2.05 bits per heavy atom. The molecule has 20 heavy (non-hydrogen) atoms. The zero-order valence-corrected chi connectivity index (χ0v) is 12.1. The quantitative estimate of drug-likeness (QED) is 0.819. The second-order valence-electron chi connectivity index (χ2n) is 4.48. The van der Waals surface area contributed by atoms with Crippen LogP contribution in [0.4, 0.5) is 10.1 Å². The molecule has 0 saturated carbocycles. The van der Waals surface area contributed by atoms with Crippen LogP contribution in [0.25, 0.3) is 0 Å². The normalized spacial score (nSPS) is 10.3. The third-order valence-electron chi connectivity index (χ3n) is 2.79. The van der Waals surface area contributed by atoms with E-state index in [-0.39, 0.29) is 5.02 Å². The summed E-state index contributed by atoms with van der Waals surface area (Å²) >= 11 is 5.76. The van der Waals surface area contributed by atoms with E-state index >= 15 is 0 Å². The highest BCUT2D eigenvalue weighted by Gasteiger charge is 2.01. The lowest BCUT2D eigenvalue weighted by atomic mass is 10.2. The number of anilines is 1. The fourth-order valence-electron chi connectivity index (χ4n) is 1.77. The molecule has 2 nitrogen and oxygen atoms in total. The maximum absolute atomic E-state index is 13.1. The molecular weight excluding hydrogens is 277 g/mol. The number of rotatable bonds is 6. The summed E-state index contributed by atoms with van der Waals surface area (Å²) in [5.74, 6) is 0.444. The van der Waals surface area contributed by atoms with E-state index in [1.807, 2.05) is 24.3 Å². The van der Waals surface area contributed by atoms with Crippen molar-refractivity contribution in [2.24, 2.45) is 0 Å². The van der Waals surface area contributed by atoms with Crippen molar-refractivity contribution in [3.8, 4) is 5.75 Å². The van der Waals surface area contributed by atoms with Gasteiger partial charge in [0.2, 0.25) is 0 Å². The number of halogens is 2. The maximum Gasteiger partial charge on any atom is 0.141 e. The third-order valence-corrected chi connectivity index (χ3v) is 3.08. The number of ether oxygens (including phenoxy) is 1. The molecule has 4 heteroatoms. The van der Waals surface area contributed by atoms with Gasteiger partial charge in [0, 0.05) is 18.3 Å². The molecule has 0 spiro atoms. The molecule has 0 radical (unpaired) electrons. The van der Waals surface area contributed by atoms with Crippen LogP contribution in [-0.4, -0.2) is 6.61 Å². The Morgan fingerprint density at radius 3 is 2.80 bits per heavy atom. The molecule has 0 bridgehead atoms. The van der Waals surface area contributed by atoms with Gasteiger partial charge in [-0.25, -0.2) is 4.39 Å². The molecule has 106 valence electrons. The van der Waals surface area contributed by atoms with E-state index in [9.17, 15) is 4.39 Å². The van der Waals surface area contributed by atoms with Crippen molar-refractivity contribution >= 4 is 17.3 Å². The molecule has 2 aromatic rings. The summed E-state index contributed by atoms with van der Waals surface area (Å²) in [6.07, 6.45) is 0.978. The van der Waals surface area contributed by atoms with Crippen LogP contribution in [0.15, 0.2) is 42.5 Å². The molecule has 0 atom stereocenters. The summed E-state index contributed by atoms with van der Waals surface area (Å²) < 4.78 is 18.6. The third kappa shape index (κ3) is 4.14. The molecule has 2 rings (SSSR count). The maximum atomic E-state index is 13.1. The molecule has 0 unspecified atom stereocenters. The topological polar surface area (TPSA) is 21.3 Å². The molecule has 0 heterocycles. The van der Waals surface area contributed by atoms with Crippen LogP contribution < -0.4 is 10.1 Å². The highest BCUT2D eigenvalue weighted by atomic mass is 35.5. The van der Waals surface area contributed by atoms with E-state index in [4.69, 9.17) is 16.3 Å². The molecule has 2 aromatic carbocycles. The van der Waals surface area contributed by atoms with Crippen LogP contribution in [0.1, 0.15) is 18.9 Å². The van der Waals surface area contributed by atoms with Gasteiger partial charge in [0.25, 0.3) is 0 Å². The first-order valence-electron chi connectivity index (χ1n) is 6.59. The smallest absolute Gasteiger partial charge is 0.141 e. The SMILES string of the molecule is CCCOc1cccc(NCc2ccc(F)c(Cl)c2)c1. The molecule has 0 fully saturated rings. The average Bonchev–Trinajstić information content (AvgIpc) is 2.47. The van der Waals surface area contributed by atoms with Crippen LogP contribution in [0.2, 0.25) is 5.02 Å². The summed E-state index contributed by atoms with van der Waals surface area (Å²) in [5.41, 5.74) is 1.88. The standard InChI is InChI=1S/C16H17ClFNO/c1-2-8-20-14-5-3-4-13(10-14)19-11-12-6-7-16(18)15(17)9-12/h3-7,9-10,19H,2,8,11H2,1H3. The Balaban J connectivity index is 1.97. The Kier molecular flexibility index (Phi) is 5.24. The van der Waals surface area contributed by atoms with Crippen molar-refractivity contribution in [1.82, 2.24) is 0 Å². The Bertz CT molecular complexity index is 574. The van der Waals surface area contributed by atoms with Gasteiger partial charge in [-0.15, -0.1) is 0 Å². The lowest BCUT2D eigenvalue weighted by Gasteiger charge is -2.10. The second-order valence-corrected chi connectivity index (χ2v) is 4.89. The van der Waals surface area contributed by atoms with Crippen molar-refractivity contribution in [2.45, 2.75) is 19.9 Å². The molecular formula is C16H17ClFNO. The minimum Gasteiger partial charge on any atom is -0.494 e. The van der Waals surface area contributed by atoms with E-state index in [0.717, 1.165) is 23.4 Å². The lowest BCUT2D eigenvalue weighted by molar-refractivity contribution is 0.317. The van der Waals surface area contributed by atoms with Gasteiger partial charge >= 0.3 is 0 Å². The molecule has 0 saturated heterocycles. The monoisotopic (exact) mass is 293 g/mol. The van der Waals surface area contributed by atoms with Crippen LogP contribution in [0.5, 0.6) is 5.75 Å². The molecule has 0 aliphatic heterocycles. The number of nitrogens with one attached hydrogen (secondary N) is 1. The Hall–Kier alpha value is -1.74. The van der Waals surface area contributed by atoms with Crippen molar-refractivity contribution in [1.29, 1.82) is 0 Å². The lowest BCUT2D eigenvalue weighted by Crippen LogP contribution is -2.01. The number of benzene rings is 2. The van der Waals surface area contributed by atoms with Gasteiger partial charge < -0.3 is 10.1 Å². The first kappa shape index (κ1) is 14.7. The molecule has 0 amide bonds. The minimum absolute atomic E-state index is 0.143. The van der Waals surface area contributed by atoms with Crippen molar-refractivity contribution in [3.05, 3.63) is 58.9 Å². The van der Waals surface area contributed by atoms with E-state index in [0.29, 0.717) is 13.2 Å². The summed E-state index contributed by atoms with van der Waals surface area (Å²) in [7, 11) is 0. The van der Waals surface area contributed by atoms with Crippen LogP contribution >= 0.6 is 11.6 Å². The van der Waals surface area contributed by atoms with Gasteiger partial charge in [-0.1, -0.05) is 30.7 Å². The van der Waals surface area contributed by atoms with Gasteiger partial charge in [0.15, 0.2) is 0 Å². The molecule has 1 N–H and O–H groups in total. The summed E-state index contributed by atoms with van der Waals surface area (Å²) in [4.78, 5) is 0. The first-order chi connectivity index (χ1) is 9.69. The largest absolute Gasteiger partial charge is 0.494 e. The molecule has 0 aliphatic rings. The van der Waals surface area contributed by atoms with Crippen molar-refractivity contribution in [2.75, 3.05) is 11.9 Å². The van der Waals surface area contributed by atoms with Gasteiger partial charge in [0.05, 0.1) is 11.6 Å². The second kappa shape index (κ2) is 7.15. The van der Waals surface area contributed by atoms with E-state index in [1.54, 1.807) is 12.1 Å². The van der Waals surface area contributed by atoms with Crippen molar-refractivity contribution in [3.63, 3.8) is 0 Å². The van der Waals surface area contributed by atoms with Crippen molar-refractivity contribution < 1.29 is 9.13 Å². The Morgan fingerprint density at radius 1 is 1.20 bits per heavy atom. The number of hydrogen-bond acceptors (Lipinski definition) is 2. The summed E-state index contributed by atoms with van der Waals surface area (Å²) in [6, 6.07) is 12.5. The Labute approximate surface area is 123 Å². The minimum atomic E-state index is -0.398. The highest BCUT2D eigenvalue weighted by Crippen LogP contribution is 2.20. The van der Waals surface area contributed by atoms with E-state index in [1.165, 1.54) is 6.07 Å². The van der Waals surface area contributed by atoms with Crippen LogP contribution in [-0.2, 0) is 6.54 Å². The number of hydrogen-bond donors (Lipinski definition) is 1. The molecule has 0 aliphatic carbocycles. The predicted molar refractivity (Wildman–Crippen MR) is 81.0 cm³/mol. The fraction of sp³-hybridized carbons (Fsp3) is 0.250. The highest BCUT2D eigenvalue weighted by molar-refractivity contribution is 6.30. The zero-order chi connectivity index (χ0) is 14.4. The summed E-state index contributed by atoms with van der Waals surface area (Å²) in [6.45, 7) is 3.36. The average molecular weight is 294 g/mol. The van der Waals surface area contributed by atoms with Gasteiger partial charge in [0.1, 0.15) is 11.6 Å². The van der Waals surface area contributed by atoms with Crippen LogP contribution in [0.3, 0.4) is 0 Å². The van der Waals surface area contributed by atoms with Crippen LogP contribution in [0, 0.1) is 5.82 Å². The van der Waals surface area contributed by atoms with E-state index < -0.39 is 5.82 Å². The predicted octanol–water partition coefficient (Wildman–Crippen LogP) is 4.88. The fourth-order valence-corrected chi connectivity index (χ4v) is 1.97.